The van der Waals surface area contributed by atoms with Crippen LogP contribution >= 0.6 is 0 Å². The molecule has 0 bridgehead atoms. The summed E-state index contributed by atoms with van der Waals surface area (Å²) in [5, 5.41) is 2.87. The summed E-state index contributed by atoms with van der Waals surface area (Å²) in [5.41, 5.74) is 3.19. The molecule has 8 nitrogen and oxygen atoms in total. The summed E-state index contributed by atoms with van der Waals surface area (Å²) < 4.78 is 5.45. The first-order valence-corrected chi connectivity index (χ1v) is 10.8. The third-order valence-electron chi connectivity index (χ3n) is 6.18. The molecule has 1 unspecified atom stereocenters. The van der Waals surface area contributed by atoms with E-state index in [-0.39, 0.29) is 30.8 Å². The Kier molecular flexibility index (Phi) is 5.12. The highest BCUT2D eigenvalue weighted by Gasteiger charge is 2.40. The van der Waals surface area contributed by atoms with Gasteiger partial charge in [-0.3, -0.25) is 14.4 Å². The van der Waals surface area contributed by atoms with Crippen molar-refractivity contribution in [3.8, 4) is 11.3 Å². The van der Waals surface area contributed by atoms with Crippen molar-refractivity contribution in [1.82, 2.24) is 9.80 Å². The van der Waals surface area contributed by atoms with E-state index in [9.17, 15) is 14.4 Å². The van der Waals surface area contributed by atoms with Crippen molar-refractivity contribution in [2.75, 3.05) is 43.9 Å². The van der Waals surface area contributed by atoms with Gasteiger partial charge in [0.05, 0.1) is 24.1 Å². The van der Waals surface area contributed by atoms with Gasteiger partial charge in [0.2, 0.25) is 5.91 Å². The molecule has 2 aromatic carbocycles. The van der Waals surface area contributed by atoms with Crippen LogP contribution in [0.1, 0.15) is 20.7 Å². The smallest absolute Gasteiger partial charge is 0.256 e. The van der Waals surface area contributed by atoms with Crippen LogP contribution in [-0.4, -0.2) is 67.3 Å². The molecular weight excluding hydrogens is 420 g/mol. The molecule has 0 saturated carbocycles. The van der Waals surface area contributed by atoms with E-state index in [0.29, 0.717) is 29.1 Å². The molecular formula is C25H24N4O4. The number of carbonyl (C=O) groups is 3. The lowest BCUT2D eigenvalue weighted by Gasteiger charge is -2.39. The van der Waals surface area contributed by atoms with Gasteiger partial charge < -0.3 is 24.4 Å². The molecule has 1 N–H and O–H groups in total. The monoisotopic (exact) mass is 444 g/mol. The number of nitrogens with zero attached hydrogens (tertiary/aromatic N) is 3. The summed E-state index contributed by atoms with van der Waals surface area (Å²) in [6.07, 6.45) is 1.57. The molecule has 168 valence electrons. The molecule has 0 aliphatic carbocycles. The van der Waals surface area contributed by atoms with E-state index in [0.717, 1.165) is 11.3 Å². The van der Waals surface area contributed by atoms with Gasteiger partial charge in [-0.1, -0.05) is 0 Å². The molecule has 1 fully saturated rings. The molecule has 3 amide bonds. The maximum absolute atomic E-state index is 13.4. The topological polar surface area (TPSA) is 86.1 Å². The van der Waals surface area contributed by atoms with Crippen molar-refractivity contribution in [3.05, 3.63) is 72.0 Å². The standard InChI is InChI=1S/C25H24N4O4/c1-27(2)18-8-5-16(6-9-18)24(31)28-11-12-29-21(15-28)23(30)26-20-10-7-17(14-19(20)25(29)32)22-4-3-13-33-22/h3-10,13-14,21H,11-12,15H2,1-2H3,(H,26,30). The quantitative estimate of drug-likeness (QED) is 0.671. The number of carbonyl (C=O) groups excluding carboxylic acids is 3. The summed E-state index contributed by atoms with van der Waals surface area (Å²) >= 11 is 0. The first-order valence-electron chi connectivity index (χ1n) is 10.8. The van der Waals surface area contributed by atoms with Crippen LogP contribution in [0, 0.1) is 0 Å². The van der Waals surface area contributed by atoms with Crippen LogP contribution in [-0.2, 0) is 4.79 Å². The zero-order chi connectivity index (χ0) is 23.1. The summed E-state index contributed by atoms with van der Waals surface area (Å²) in [4.78, 5) is 44.7. The third kappa shape index (κ3) is 3.73. The van der Waals surface area contributed by atoms with Crippen molar-refractivity contribution in [2.45, 2.75) is 6.04 Å². The van der Waals surface area contributed by atoms with E-state index in [1.165, 1.54) is 0 Å². The van der Waals surface area contributed by atoms with Gasteiger partial charge in [0.25, 0.3) is 11.8 Å². The van der Waals surface area contributed by atoms with E-state index >= 15 is 0 Å². The normalized spacial score (nSPS) is 17.7. The van der Waals surface area contributed by atoms with E-state index in [4.69, 9.17) is 4.42 Å². The highest BCUT2D eigenvalue weighted by molar-refractivity contribution is 6.11. The second kappa shape index (κ2) is 8.12. The SMILES string of the molecule is CN(C)c1ccc(C(=O)N2CCN3C(=O)c4cc(-c5ccco5)ccc4NC(=O)C3C2)cc1. The molecule has 0 radical (unpaired) electrons. The minimum absolute atomic E-state index is 0.144. The number of nitrogens with one attached hydrogen (secondary N) is 1. The molecule has 1 atom stereocenters. The summed E-state index contributed by atoms with van der Waals surface area (Å²) in [5.74, 6) is -0.0343. The molecule has 5 rings (SSSR count). The summed E-state index contributed by atoms with van der Waals surface area (Å²) in [6, 6.07) is 15.5. The molecule has 1 saturated heterocycles. The fraction of sp³-hybridized carbons (Fsp3) is 0.240. The number of hydrogen-bond donors (Lipinski definition) is 1. The van der Waals surface area contributed by atoms with Crippen molar-refractivity contribution in [1.29, 1.82) is 0 Å². The van der Waals surface area contributed by atoms with Crippen LogP contribution in [0.5, 0.6) is 0 Å². The average molecular weight is 444 g/mol. The maximum atomic E-state index is 13.4. The van der Waals surface area contributed by atoms with Crippen molar-refractivity contribution >= 4 is 29.1 Å². The largest absolute Gasteiger partial charge is 0.464 e. The van der Waals surface area contributed by atoms with Crippen molar-refractivity contribution in [2.24, 2.45) is 0 Å². The van der Waals surface area contributed by atoms with Crippen LogP contribution in [0.2, 0.25) is 0 Å². The van der Waals surface area contributed by atoms with Gasteiger partial charge in [0.15, 0.2) is 0 Å². The minimum atomic E-state index is -0.754. The Labute approximate surface area is 191 Å². The predicted octanol–water partition coefficient (Wildman–Crippen LogP) is 2.93. The Balaban J connectivity index is 1.38. The number of furan rings is 1. The van der Waals surface area contributed by atoms with E-state index in [1.54, 1.807) is 46.4 Å². The second-order valence-corrected chi connectivity index (χ2v) is 8.43. The Hall–Kier alpha value is -4.07. The van der Waals surface area contributed by atoms with Crippen LogP contribution in [0.25, 0.3) is 11.3 Å². The molecule has 33 heavy (non-hydrogen) atoms. The van der Waals surface area contributed by atoms with Gasteiger partial charge in [-0.25, -0.2) is 0 Å². The third-order valence-corrected chi connectivity index (χ3v) is 6.18. The molecule has 1 aromatic heterocycles. The van der Waals surface area contributed by atoms with Crippen LogP contribution in [0.3, 0.4) is 0 Å². The molecule has 8 heteroatoms. The van der Waals surface area contributed by atoms with E-state index in [1.807, 2.05) is 43.3 Å². The lowest BCUT2D eigenvalue weighted by atomic mass is 10.0. The molecule has 3 aromatic rings. The summed E-state index contributed by atoms with van der Waals surface area (Å²) in [6.45, 7) is 0.782. The zero-order valence-corrected chi connectivity index (χ0v) is 18.4. The first-order chi connectivity index (χ1) is 15.9. The minimum Gasteiger partial charge on any atom is -0.464 e. The zero-order valence-electron chi connectivity index (χ0n) is 18.4. The number of piperazine rings is 1. The van der Waals surface area contributed by atoms with Crippen LogP contribution in [0.4, 0.5) is 11.4 Å². The average Bonchev–Trinajstić information content (AvgIpc) is 3.35. The number of rotatable bonds is 3. The van der Waals surface area contributed by atoms with Gasteiger partial charge in [0.1, 0.15) is 11.8 Å². The Morgan fingerprint density at radius 1 is 1.06 bits per heavy atom. The number of benzene rings is 2. The van der Waals surface area contributed by atoms with Gasteiger partial charge in [-0.15, -0.1) is 0 Å². The highest BCUT2D eigenvalue weighted by atomic mass is 16.3. The van der Waals surface area contributed by atoms with Gasteiger partial charge >= 0.3 is 0 Å². The van der Waals surface area contributed by atoms with Gasteiger partial charge in [-0.05, 0) is 54.6 Å². The van der Waals surface area contributed by atoms with Crippen molar-refractivity contribution in [3.63, 3.8) is 0 Å². The molecule has 2 aliphatic heterocycles. The van der Waals surface area contributed by atoms with E-state index < -0.39 is 6.04 Å². The van der Waals surface area contributed by atoms with Gasteiger partial charge in [0, 0.05) is 44.0 Å². The van der Waals surface area contributed by atoms with Crippen LogP contribution < -0.4 is 10.2 Å². The van der Waals surface area contributed by atoms with Gasteiger partial charge in [-0.2, -0.15) is 0 Å². The molecule has 3 heterocycles. The molecule has 0 spiro atoms. The number of anilines is 2. The maximum Gasteiger partial charge on any atom is 0.256 e. The van der Waals surface area contributed by atoms with E-state index in [2.05, 4.69) is 5.32 Å². The second-order valence-electron chi connectivity index (χ2n) is 8.43. The predicted molar refractivity (Wildman–Crippen MR) is 124 cm³/mol. The highest BCUT2D eigenvalue weighted by Crippen LogP contribution is 2.30. The van der Waals surface area contributed by atoms with Crippen molar-refractivity contribution < 1.29 is 18.8 Å². The number of amides is 3. The Morgan fingerprint density at radius 2 is 1.85 bits per heavy atom. The number of fused-ring (bicyclic) bond motifs is 2. The Morgan fingerprint density at radius 3 is 2.55 bits per heavy atom. The lowest BCUT2D eigenvalue weighted by molar-refractivity contribution is -0.121. The van der Waals surface area contributed by atoms with Crippen LogP contribution in [0.15, 0.2) is 65.3 Å². The fourth-order valence-electron chi connectivity index (χ4n) is 4.32. The first kappa shape index (κ1) is 20.8. The lowest BCUT2D eigenvalue weighted by Crippen LogP contribution is -2.59. The molecule has 2 aliphatic rings. The Bertz CT molecular complexity index is 1220. The fourth-order valence-corrected chi connectivity index (χ4v) is 4.32. The summed E-state index contributed by atoms with van der Waals surface area (Å²) in [7, 11) is 3.88. The number of hydrogen-bond acceptors (Lipinski definition) is 5.